The molecule has 4 nitrogen and oxygen atoms in total. The highest BCUT2D eigenvalue weighted by atomic mass is 32.2. The average Bonchev–Trinajstić information content (AvgIpc) is 2.39. The van der Waals surface area contributed by atoms with Gasteiger partial charge < -0.3 is 15.0 Å². The quantitative estimate of drug-likeness (QED) is 0.756. The minimum atomic E-state index is 0.0687. The van der Waals surface area contributed by atoms with Gasteiger partial charge in [0.1, 0.15) is 0 Å². The summed E-state index contributed by atoms with van der Waals surface area (Å²) in [6.45, 7) is 8.37. The molecule has 18 heavy (non-hydrogen) atoms. The molecule has 1 saturated heterocycles. The van der Waals surface area contributed by atoms with Crippen LogP contribution in [0.3, 0.4) is 0 Å². The Morgan fingerprint density at radius 3 is 3.00 bits per heavy atom. The molecule has 0 aromatic heterocycles. The number of morpholine rings is 1. The van der Waals surface area contributed by atoms with Crippen LogP contribution >= 0.6 is 11.8 Å². The van der Waals surface area contributed by atoms with Crippen LogP contribution in [0.25, 0.3) is 0 Å². The van der Waals surface area contributed by atoms with Gasteiger partial charge in [0.05, 0.1) is 19.3 Å². The van der Waals surface area contributed by atoms with E-state index in [9.17, 15) is 4.79 Å². The number of ether oxygens (including phenoxy) is 1. The summed E-state index contributed by atoms with van der Waals surface area (Å²) >= 11 is 1.92. The Labute approximate surface area is 115 Å². The summed E-state index contributed by atoms with van der Waals surface area (Å²) in [6.07, 6.45) is 1.98. The topological polar surface area (TPSA) is 41.6 Å². The van der Waals surface area contributed by atoms with Gasteiger partial charge >= 0.3 is 6.03 Å². The number of carbonyl (C=O) groups is 1. The van der Waals surface area contributed by atoms with Crippen LogP contribution in [-0.4, -0.2) is 54.3 Å². The van der Waals surface area contributed by atoms with E-state index in [4.69, 9.17) is 4.74 Å². The summed E-state index contributed by atoms with van der Waals surface area (Å²) in [7, 11) is 0. The number of nitrogens with one attached hydrogen (secondary N) is 1. The van der Waals surface area contributed by atoms with Crippen LogP contribution in [0.5, 0.6) is 0 Å². The Morgan fingerprint density at radius 2 is 2.33 bits per heavy atom. The number of rotatable bonds is 6. The van der Waals surface area contributed by atoms with Crippen LogP contribution in [0.2, 0.25) is 0 Å². The summed E-state index contributed by atoms with van der Waals surface area (Å²) in [5, 5.41) is 3.09. The van der Waals surface area contributed by atoms with E-state index in [-0.39, 0.29) is 18.1 Å². The lowest BCUT2D eigenvalue weighted by atomic mass is 10.2. The Morgan fingerprint density at radius 1 is 1.56 bits per heavy atom. The molecule has 1 N–H and O–H groups in total. The monoisotopic (exact) mass is 274 g/mol. The van der Waals surface area contributed by atoms with Gasteiger partial charge in [-0.25, -0.2) is 4.79 Å². The highest BCUT2D eigenvalue weighted by Gasteiger charge is 2.26. The minimum Gasteiger partial charge on any atom is -0.377 e. The lowest BCUT2D eigenvalue weighted by molar-refractivity contribution is 0.0108. The summed E-state index contributed by atoms with van der Waals surface area (Å²) < 4.78 is 5.41. The van der Waals surface area contributed by atoms with Gasteiger partial charge in [0.25, 0.3) is 0 Å². The molecule has 1 aliphatic rings. The zero-order valence-corrected chi connectivity index (χ0v) is 12.6. The van der Waals surface area contributed by atoms with Gasteiger partial charge in [0, 0.05) is 12.6 Å². The second-order valence-corrected chi connectivity index (χ2v) is 6.06. The van der Waals surface area contributed by atoms with Gasteiger partial charge in [-0.3, -0.25) is 0 Å². The molecule has 1 heterocycles. The van der Waals surface area contributed by atoms with Gasteiger partial charge in [0.2, 0.25) is 0 Å². The first-order chi connectivity index (χ1) is 8.69. The van der Waals surface area contributed by atoms with Crippen molar-refractivity contribution < 1.29 is 9.53 Å². The van der Waals surface area contributed by atoms with E-state index in [1.807, 2.05) is 16.7 Å². The van der Waals surface area contributed by atoms with Crippen LogP contribution in [0.1, 0.15) is 33.6 Å². The fourth-order valence-electron chi connectivity index (χ4n) is 2.03. The minimum absolute atomic E-state index is 0.0687. The fourth-order valence-corrected chi connectivity index (χ4v) is 2.84. The Bertz CT molecular complexity index is 251. The lowest BCUT2D eigenvalue weighted by Gasteiger charge is -2.35. The molecular weight excluding hydrogens is 248 g/mol. The molecule has 2 atom stereocenters. The van der Waals surface area contributed by atoms with Gasteiger partial charge in [-0.05, 0) is 31.3 Å². The first kappa shape index (κ1) is 15.6. The number of nitrogens with zero attached hydrogens (tertiary/aromatic N) is 1. The second kappa shape index (κ2) is 8.64. The van der Waals surface area contributed by atoms with E-state index >= 15 is 0 Å². The van der Waals surface area contributed by atoms with E-state index in [1.165, 1.54) is 0 Å². The zero-order chi connectivity index (χ0) is 13.4. The van der Waals surface area contributed by atoms with Gasteiger partial charge in [0.15, 0.2) is 0 Å². The molecule has 1 fully saturated rings. The van der Waals surface area contributed by atoms with E-state index in [2.05, 4.69) is 26.1 Å². The number of urea groups is 1. The Hall–Kier alpha value is -0.420. The third-order valence-corrected chi connectivity index (χ3v) is 4.16. The van der Waals surface area contributed by atoms with Crippen LogP contribution in [0.15, 0.2) is 0 Å². The molecule has 2 amide bonds. The van der Waals surface area contributed by atoms with Crippen LogP contribution in [-0.2, 0) is 4.74 Å². The number of amides is 2. The Balaban J connectivity index is 2.33. The van der Waals surface area contributed by atoms with Gasteiger partial charge in [-0.2, -0.15) is 11.8 Å². The highest BCUT2D eigenvalue weighted by molar-refractivity contribution is 7.99. The first-order valence-electron chi connectivity index (χ1n) is 6.91. The van der Waals surface area contributed by atoms with Crippen molar-refractivity contribution in [2.45, 2.75) is 45.7 Å². The predicted octanol–water partition coefficient (Wildman–Crippen LogP) is 2.34. The lowest BCUT2D eigenvalue weighted by Crippen LogP contribution is -2.53. The molecule has 0 aromatic carbocycles. The normalized spacial score (nSPS) is 21.7. The molecule has 1 rings (SSSR count). The van der Waals surface area contributed by atoms with Crippen molar-refractivity contribution in [2.75, 3.05) is 31.3 Å². The smallest absolute Gasteiger partial charge is 0.318 e. The number of carbonyl (C=O) groups excluding carboxylic acids is 1. The van der Waals surface area contributed by atoms with Crippen molar-refractivity contribution in [3.8, 4) is 0 Å². The van der Waals surface area contributed by atoms with Crippen LogP contribution < -0.4 is 5.32 Å². The van der Waals surface area contributed by atoms with Crippen molar-refractivity contribution in [1.82, 2.24) is 10.2 Å². The number of thioether (sulfide) groups is 1. The van der Waals surface area contributed by atoms with E-state index < -0.39 is 0 Å². The third kappa shape index (κ3) is 5.06. The maximum absolute atomic E-state index is 12.2. The third-order valence-electron chi connectivity index (χ3n) is 3.23. The predicted molar refractivity (Wildman–Crippen MR) is 77.2 cm³/mol. The maximum atomic E-state index is 12.2. The van der Waals surface area contributed by atoms with Crippen LogP contribution in [0.4, 0.5) is 4.79 Å². The molecule has 0 unspecified atom stereocenters. The molecule has 106 valence electrons. The molecule has 0 saturated carbocycles. The molecular formula is C13H26N2O2S. The fraction of sp³-hybridized carbons (Fsp3) is 0.923. The van der Waals surface area contributed by atoms with E-state index in [0.29, 0.717) is 19.8 Å². The summed E-state index contributed by atoms with van der Waals surface area (Å²) in [4.78, 5) is 14.1. The van der Waals surface area contributed by atoms with Crippen molar-refractivity contribution >= 4 is 17.8 Å². The Kier molecular flexibility index (Phi) is 7.51. The molecule has 0 spiro atoms. The first-order valence-corrected chi connectivity index (χ1v) is 8.07. The molecule has 0 radical (unpaired) electrons. The van der Waals surface area contributed by atoms with Gasteiger partial charge in [-0.15, -0.1) is 0 Å². The van der Waals surface area contributed by atoms with Gasteiger partial charge in [-0.1, -0.05) is 13.8 Å². The average molecular weight is 274 g/mol. The van der Waals surface area contributed by atoms with Crippen molar-refractivity contribution in [3.63, 3.8) is 0 Å². The molecule has 5 heteroatoms. The largest absolute Gasteiger partial charge is 0.377 e. The summed E-state index contributed by atoms with van der Waals surface area (Å²) in [5.74, 6) is 2.25. The second-order valence-electron chi connectivity index (χ2n) is 4.67. The van der Waals surface area contributed by atoms with E-state index in [0.717, 1.165) is 24.3 Å². The maximum Gasteiger partial charge on any atom is 0.318 e. The summed E-state index contributed by atoms with van der Waals surface area (Å²) in [5.41, 5.74) is 0. The standard InChI is InChI=1S/C13H26N2O2S/c1-4-12-10-17-8-7-15(12)13(16)14-11(3)6-9-18-5-2/h11-12H,4-10H2,1-3H3,(H,14,16)/t11-,12+/m1/s1. The molecule has 0 bridgehead atoms. The molecule has 0 aliphatic carbocycles. The SMILES string of the molecule is CCSCC[C@@H](C)NC(=O)N1CCOC[C@@H]1CC. The zero-order valence-electron chi connectivity index (χ0n) is 11.8. The van der Waals surface area contributed by atoms with Crippen molar-refractivity contribution in [2.24, 2.45) is 0 Å². The highest BCUT2D eigenvalue weighted by Crippen LogP contribution is 2.11. The van der Waals surface area contributed by atoms with E-state index in [1.54, 1.807) is 0 Å². The molecule has 1 aliphatic heterocycles. The summed E-state index contributed by atoms with van der Waals surface area (Å²) in [6, 6.07) is 0.548. The van der Waals surface area contributed by atoms with Crippen molar-refractivity contribution in [3.05, 3.63) is 0 Å². The number of hydrogen-bond donors (Lipinski definition) is 1. The van der Waals surface area contributed by atoms with Crippen molar-refractivity contribution in [1.29, 1.82) is 0 Å². The number of hydrogen-bond acceptors (Lipinski definition) is 3. The molecule has 0 aromatic rings. The van der Waals surface area contributed by atoms with Crippen LogP contribution in [0, 0.1) is 0 Å².